The highest BCUT2D eigenvalue weighted by molar-refractivity contribution is 4.65. The van der Waals surface area contributed by atoms with Crippen molar-refractivity contribution in [3.8, 4) is 0 Å². The zero-order valence-corrected chi connectivity index (χ0v) is 8.05. The molecule has 0 aliphatic carbocycles. The van der Waals surface area contributed by atoms with Gasteiger partial charge in [-0.3, -0.25) is 0 Å². The average Bonchev–Trinajstić information content (AvgIpc) is 1.87. The van der Waals surface area contributed by atoms with Crippen LogP contribution in [-0.4, -0.2) is 24.4 Å². The first-order valence-electron chi connectivity index (χ1n) is 4.20. The van der Waals surface area contributed by atoms with Crippen molar-refractivity contribution >= 4 is 0 Å². The fourth-order valence-electron chi connectivity index (χ4n) is 0.650. The van der Waals surface area contributed by atoms with Crippen molar-refractivity contribution in [2.45, 2.75) is 40.2 Å². The van der Waals surface area contributed by atoms with Gasteiger partial charge in [-0.2, -0.15) is 0 Å². The minimum absolute atomic E-state index is 0.00882. The summed E-state index contributed by atoms with van der Waals surface area (Å²) in [5.74, 6) is 0. The van der Waals surface area contributed by atoms with Crippen molar-refractivity contribution in [3.05, 3.63) is 0 Å². The summed E-state index contributed by atoms with van der Waals surface area (Å²) in [6, 6.07) is 0. The molecule has 0 saturated carbocycles. The summed E-state index contributed by atoms with van der Waals surface area (Å²) in [5, 5.41) is 8.90. The van der Waals surface area contributed by atoms with Crippen LogP contribution in [0, 0.1) is 5.41 Å². The fourth-order valence-corrected chi connectivity index (χ4v) is 0.650. The van der Waals surface area contributed by atoms with Crippen LogP contribution in [-0.2, 0) is 4.74 Å². The molecule has 68 valence electrons. The van der Waals surface area contributed by atoms with Crippen molar-refractivity contribution < 1.29 is 9.84 Å². The largest absolute Gasteiger partial charge is 0.396 e. The van der Waals surface area contributed by atoms with Gasteiger partial charge in [0.25, 0.3) is 0 Å². The monoisotopic (exact) mass is 160 g/mol. The summed E-state index contributed by atoms with van der Waals surface area (Å²) in [5.41, 5.74) is 0.00882. The highest BCUT2D eigenvalue weighted by Gasteiger charge is 2.15. The van der Waals surface area contributed by atoms with Crippen molar-refractivity contribution in [1.82, 2.24) is 0 Å². The van der Waals surface area contributed by atoms with Gasteiger partial charge in [0.15, 0.2) is 0 Å². The number of aliphatic hydroxyl groups excluding tert-OH is 1. The van der Waals surface area contributed by atoms with Crippen LogP contribution in [0.3, 0.4) is 0 Å². The van der Waals surface area contributed by atoms with E-state index in [1.165, 1.54) is 0 Å². The second kappa shape index (κ2) is 4.73. The molecule has 0 aliphatic rings. The third-order valence-electron chi connectivity index (χ3n) is 1.66. The quantitative estimate of drug-likeness (QED) is 0.664. The molecule has 0 rings (SSSR count). The predicted octanol–water partition coefficient (Wildman–Crippen LogP) is 1.82. The van der Waals surface area contributed by atoms with Crippen LogP contribution in [0.4, 0.5) is 0 Å². The van der Waals surface area contributed by atoms with Gasteiger partial charge in [0.2, 0.25) is 0 Å². The summed E-state index contributed by atoms with van der Waals surface area (Å²) >= 11 is 0. The lowest BCUT2D eigenvalue weighted by Crippen LogP contribution is -2.20. The second-order valence-electron chi connectivity index (χ2n) is 3.99. The van der Waals surface area contributed by atoms with E-state index in [9.17, 15) is 0 Å². The van der Waals surface area contributed by atoms with Gasteiger partial charge >= 0.3 is 0 Å². The Morgan fingerprint density at radius 1 is 1.36 bits per heavy atom. The Hall–Kier alpha value is -0.0800. The zero-order chi connectivity index (χ0) is 8.91. The van der Waals surface area contributed by atoms with E-state index in [1.54, 1.807) is 0 Å². The van der Waals surface area contributed by atoms with Crippen molar-refractivity contribution in [2.75, 3.05) is 13.2 Å². The number of hydrogen-bond acceptors (Lipinski definition) is 2. The first-order valence-corrected chi connectivity index (χ1v) is 4.20. The molecule has 1 N–H and O–H groups in total. The molecular formula is C9H20O2. The van der Waals surface area contributed by atoms with Gasteiger partial charge < -0.3 is 9.84 Å². The van der Waals surface area contributed by atoms with Crippen LogP contribution in [0.25, 0.3) is 0 Å². The Morgan fingerprint density at radius 2 is 1.91 bits per heavy atom. The van der Waals surface area contributed by atoms with E-state index in [2.05, 4.69) is 0 Å². The summed E-state index contributed by atoms with van der Waals surface area (Å²) in [4.78, 5) is 0. The maximum absolute atomic E-state index is 8.90. The molecule has 0 aliphatic heterocycles. The third kappa shape index (κ3) is 6.32. The van der Waals surface area contributed by atoms with Crippen LogP contribution >= 0.6 is 0 Å². The number of rotatable bonds is 5. The number of ether oxygens (including phenoxy) is 1. The summed E-state index contributed by atoms with van der Waals surface area (Å²) < 4.78 is 5.37. The molecule has 0 aromatic rings. The van der Waals surface area contributed by atoms with Gasteiger partial charge in [-0.05, 0) is 25.7 Å². The van der Waals surface area contributed by atoms with Crippen molar-refractivity contribution in [2.24, 2.45) is 5.41 Å². The Kier molecular flexibility index (Phi) is 4.69. The molecule has 0 fully saturated rings. The maximum atomic E-state index is 8.90. The molecule has 0 saturated heterocycles. The van der Waals surface area contributed by atoms with Crippen LogP contribution in [0.1, 0.15) is 34.1 Å². The normalized spacial score (nSPS) is 12.5. The minimum atomic E-state index is 0.00882. The van der Waals surface area contributed by atoms with E-state index in [-0.39, 0.29) is 12.0 Å². The van der Waals surface area contributed by atoms with Gasteiger partial charge in [-0.1, -0.05) is 13.8 Å². The molecule has 0 aromatic heterocycles. The van der Waals surface area contributed by atoms with Crippen LogP contribution in [0.5, 0.6) is 0 Å². The van der Waals surface area contributed by atoms with Gasteiger partial charge in [0.05, 0.1) is 6.10 Å². The van der Waals surface area contributed by atoms with E-state index in [0.717, 1.165) is 13.0 Å². The van der Waals surface area contributed by atoms with Crippen molar-refractivity contribution in [3.63, 3.8) is 0 Å². The topological polar surface area (TPSA) is 29.5 Å². The number of hydrogen-bond donors (Lipinski definition) is 1. The molecule has 2 heteroatoms. The van der Waals surface area contributed by atoms with Gasteiger partial charge in [-0.15, -0.1) is 0 Å². The molecule has 0 heterocycles. The van der Waals surface area contributed by atoms with Gasteiger partial charge in [-0.25, -0.2) is 0 Å². The molecule has 0 radical (unpaired) electrons. The molecule has 0 aromatic carbocycles. The smallest absolute Gasteiger partial charge is 0.0518 e. The minimum Gasteiger partial charge on any atom is -0.396 e. The number of aliphatic hydroxyl groups is 1. The van der Waals surface area contributed by atoms with Crippen molar-refractivity contribution in [1.29, 1.82) is 0 Å². The SMILES string of the molecule is CC(C)OCCC(C)(C)CO. The standard InChI is InChI=1S/C9H20O2/c1-8(2)11-6-5-9(3,4)7-10/h8,10H,5-7H2,1-4H3. The molecule has 0 bridgehead atoms. The van der Waals surface area contributed by atoms with E-state index in [0.29, 0.717) is 6.10 Å². The Labute approximate surface area is 69.6 Å². The van der Waals surface area contributed by atoms with E-state index < -0.39 is 0 Å². The zero-order valence-electron chi connectivity index (χ0n) is 8.05. The van der Waals surface area contributed by atoms with E-state index >= 15 is 0 Å². The van der Waals surface area contributed by atoms with Gasteiger partial charge in [0.1, 0.15) is 0 Å². The molecule has 0 spiro atoms. The molecular weight excluding hydrogens is 140 g/mol. The van der Waals surface area contributed by atoms with E-state index in [4.69, 9.17) is 9.84 Å². The Bertz CT molecular complexity index is 97.7. The first-order chi connectivity index (χ1) is 4.98. The average molecular weight is 160 g/mol. The summed E-state index contributed by atoms with van der Waals surface area (Å²) in [7, 11) is 0. The summed E-state index contributed by atoms with van der Waals surface area (Å²) in [6.45, 7) is 9.09. The molecule has 11 heavy (non-hydrogen) atoms. The Morgan fingerprint density at radius 3 is 2.27 bits per heavy atom. The lowest BCUT2D eigenvalue weighted by Gasteiger charge is -2.21. The molecule has 2 nitrogen and oxygen atoms in total. The first kappa shape index (κ1) is 10.9. The van der Waals surface area contributed by atoms with E-state index in [1.807, 2.05) is 27.7 Å². The molecule has 0 atom stereocenters. The van der Waals surface area contributed by atoms with Gasteiger partial charge in [0, 0.05) is 13.2 Å². The third-order valence-corrected chi connectivity index (χ3v) is 1.66. The molecule has 0 unspecified atom stereocenters. The lowest BCUT2D eigenvalue weighted by atomic mass is 9.91. The highest BCUT2D eigenvalue weighted by Crippen LogP contribution is 2.18. The summed E-state index contributed by atoms with van der Waals surface area (Å²) in [6.07, 6.45) is 1.21. The lowest BCUT2D eigenvalue weighted by molar-refractivity contribution is 0.0424. The predicted molar refractivity (Wildman–Crippen MR) is 46.6 cm³/mol. The van der Waals surface area contributed by atoms with Crippen LogP contribution in [0.2, 0.25) is 0 Å². The van der Waals surface area contributed by atoms with Crippen LogP contribution in [0.15, 0.2) is 0 Å². The fraction of sp³-hybridized carbons (Fsp3) is 1.00. The Balaban J connectivity index is 3.38. The van der Waals surface area contributed by atoms with Crippen LogP contribution < -0.4 is 0 Å². The highest BCUT2D eigenvalue weighted by atomic mass is 16.5. The maximum Gasteiger partial charge on any atom is 0.0518 e. The second-order valence-corrected chi connectivity index (χ2v) is 3.99. The molecule has 0 amide bonds.